The average molecular weight is 621 g/mol. The number of fused-ring (bicyclic) bond motifs is 5. The molecule has 1 saturated heterocycles. The van der Waals surface area contributed by atoms with Gasteiger partial charge in [-0.25, -0.2) is 15.0 Å². The predicted molar refractivity (Wildman–Crippen MR) is 175 cm³/mol. The zero-order chi connectivity index (χ0) is 33.0. The molecule has 0 aromatic heterocycles. The lowest BCUT2D eigenvalue weighted by Crippen LogP contribution is -2.26. The Balaban J connectivity index is 1.67. The number of esters is 2. The summed E-state index contributed by atoms with van der Waals surface area (Å²) in [5, 5.41) is 13.9. The van der Waals surface area contributed by atoms with Crippen molar-refractivity contribution >= 4 is 34.9 Å². The third-order valence-corrected chi connectivity index (χ3v) is 9.62. The maximum atomic E-state index is 14.1. The molecule has 10 nitrogen and oxygen atoms in total. The summed E-state index contributed by atoms with van der Waals surface area (Å²) in [5.41, 5.74) is 9.56. The van der Waals surface area contributed by atoms with Gasteiger partial charge in [-0.1, -0.05) is 26.5 Å². The highest BCUT2D eigenvalue weighted by Gasteiger charge is 2.51. The van der Waals surface area contributed by atoms with E-state index in [9.17, 15) is 19.5 Å². The summed E-state index contributed by atoms with van der Waals surface area (Å²) in [6.45, 7) is 11.8. The summed E-state index contributed by atoms with van der Waals surface area (Å²) < 4.78 is 10.1. The van der Waals surface area contributed by atoms with Crippen molar-refractivity contribution in [3.05, 3.63) is 105 Å². The lowest BCUT2D eigenvalue weighted by Gasteiger charge is -2.19. The number of aliphatic hydroxyl groups excluding tert-OH is 1. The van der Waals surface area contributed by atoms with Crippen LogP contribution in [-0.2, 0) is 23.9 Å². The van der Waals surface area contributed by atoms with Gasteiger partial charge in [-0.2, -0.15) is 0 Å². The van der Waals surface area contributed by atoms with Crippen molar-refractivity contribution in [2.75, 3.05) is 14.2 Å². The minimum absolute atomic E-state index is 0.139. The van der Waals surface area contributed by atoms with Crippen molar-refractivity contribution in [1.82, 2.24) is 5.32 Å². The summed E-state index contributed by atoms with van der Waals surface area (Å²) >= 11 is 0. The number of Topliss-reactive ketones (excluding diaryl/α,β-unsaturated/α-hetero) is 1. The van der Waals surface area contributed by atoms with E-state index in [0.717, 1.165) is 28.7 Å². The van der Waals surface area contributed by atoms with Gasteiger partial charge in [-0.15, -0.1) is 0 Å². The Morgan fingerprint density at radius 3 is 2.46 bits per heavy atom. The van der Waals surface area contributed by atoms with Crippen molar-refractivity contribution in [2.45, 2.75) is 47.0 Å². The van der Waals surface area contributed by atoms with Gasteiger partial charge in [0.25, 0.3) is 0 Å². The van der Waals surface area contributed by atoms with E-state index in [2.05, 4.69) is 11.9 Å². The van der Waals surface area contributed by atoms with Crippen LogP contribution in [0, 0.1) is 17.8 Å². The van der Waals surface area contributed by atoms with E-state index in [0.29, 0.717) is 75.1 Å². The predicted octanol–water partition coefficient (Wildman–Crippen LogP) is 5.38. The summed E-state index contributed by atoms with van der Waals surface area (Å²) in [7, 11) is 2.62. The van der Waals surface area contributed by atoms with Gasteiger partial charge in [0.1, 0.15) is 5.92 Å². The maximum Gasteiger partial charge on any atom is 0.321 e. The molecule has 6 aliphatic rings. The van der Waals surface area contributed by atoms with Gasteiger partial charge < -0.3 is 19.9 Å². The molecule has 8 bridgehead atoms. The van der Waals surface area contributed by atoms with Crippen LogP contribution >= 0.6 is 0 Å². The Hall–Kier alpha value is -5.12. The highest BCUT2D eigenvalue weighted by Crippen LogP contribution is 2.47. The first-order valence-electron chi connectivity index (χ1n) is 15.3. The van der Waals surface area contributed by atoms with E-state index >= 15 is 0 Å². The molecule has 10 heteroatoms. The number of ketones is 1. The maximum absolute atomic E-state index is 14.1. The first kappa shape index (κ1) is 30.9. The SMILES string of the molecule is C=CC1=C(C)C2=NC1=CC1=NC(=C(CC)/C1=C\O)C=C1N=C3C(=C1C)C(=O)C(C(=O)OC)C3=C1NC(=C2)C(C)C1CCC(=O)OC. The molecule has 236 valence electrons. The third-order valence-electron chi connectivity index (χ3n) is 9.62. The number of allylic oxidation sites excluding steroid dienone is 11. The van der Waals surface area contributed by atoms with Crippen molar-refractivity contribution in [1.29, 1.82) is 0 Å². The largest absolute Gasteiger partial charge is 0.515 e. The van der Waals surface area contributed by atoms with E-state index < -0.39 is 11.9 Å². The highest BCUT2D eigenvalue weighted by atomic mass is 16.5. The molecule has 0 aromatic rings. The number of carbonyl (C=O) groups excluding carboxylic acids is 3. The Morgan fingerprint density at radius 1 is 1.04 bits per heavy atom. The molecule has 1 saturated carbocycles. The number of hydrogen-bond donors (Lipinski definition) is 2. The van der Waals surface area contributed by atoms with Crippen molar-refractivity contribution in [3.8, 4) is 0 Å². The zero-order valence-electron chi connectivity index (χ0n) is 26.8. The standard InChI is InChI=1S/C36H36N4O6/c1-8-19-16(3)23-12-24-17(4)21(10-11-29(42)45-6)33(39-24)31-32(36(44)46-7)35(43)30-18(5)25(40-34(30)31)13-27-20(9-2)22(15-41)28(38-27)14-26(19)37-23/h8,12-15,17,21,32,39,41H,1,9-11H2,2-7H3/b22-15+,24-12?,25-13?,26-14?,33-31?. The normalized spacial score (nSPS) is 25.8. The third kappa shape index (κ3) is 4.62. The summed E-state index contributed by atoms with van der Waals surface area (Å²) in [4.78, 5) is 54.5. The Labute approximate surface area is 267 Å². The van der Waals surface area contributed by atoms with Crippen molar-refractivity contribution in [3.63, 3.8) is 0 Å². The molecule has 0 spiro atoms. The average Bonchev–Trinajstić information content (AvgIpc) is 3.79. The Bertz CT molecular complexity index is 1880. The van der Waals surface area contributed by atoms with Gasteiger partial charge >= 0.3 is 11.9 Å². The van der Waals surface area contributed by atoms with Crippen LogP contribution in [0.1, 0.15) is 47.0 Å². The molecular weight excluding hydrogens is 584 g/mol. The molecule has 3 unspecified atom stereocenters. The van der Waals surface area contributed by atoms with Crippen molar-refractivity contribution < 1.29 is 29.0 Å². The van der Waals surface area contributed by atoms with Gasteiger partial charge in [0.2, 0.25) is 0 Å². The summed E-state index contributed by atoms with van der Waals surface area (Å²) in [5.74, 6) is -3.02. The first-order chi connectivity index (χ1) is 22.1. The second kappa shape index (κ2) is 11.7. The number of aliphatic imine (C=N–C) groups is 3. The van der Waals surface area contributed by atoms with Crippen LogP contribution in [0.25, 0.3) is 0 Å². The minimum atomic E-state index is -1.21. The number of aliphatic hydroxyl groups is 1. The molecule has 46 heavy (non-hydrogen) atoms. The number of methoxy groups -OCH3 is 2. The highest BCUT2D eigenvalue weighted by molar-refractivity contribution is 6.42. The lowest BCUT2D eigenvalue weighted by molar-refractivity contribution is -0.146. The van der Waals surface area contributed by atoms with Gasteiger partial charge in [0, 0.05) is 51.9 Å². The van der Waals surface area contributed by atoms with Crippen LogP contribution in [0.5, 0.6) is 0 Å². The molecular formula is C36H36N4O6. The number of hydrogen-bond acceptors (Lipinski definition) is 10. The minimum Gasteiger partial charge on any atom is -0.515 e. The number of carbonyl (C=O) groups is 3. The van der Waals surface area contributed by atoms with E-state index in [4.69, 9.17) is 24.5 Å². The molecule has 5 aliphatic heterocycles. The number of nitrogens with zero attached hydrogens (tertiary/aromatic N) is 3. The van der Waals surface area contributed by atoms with Crippen molar-refractivity contribution in [2.24, 2.45) is 32.7 Å². The summed E-state index contributed by atoms with van der Waals surface area (Å²) in [6, 6.07) is 0. The second-order valence-electron chi connectivity index (χ2n) is 11.9. The molecule has 2 N–H and O–H groups in total. The molecule has 5 heterocycles. The fourth-order valence-corrected chi connectivity index (χ4v) is 7.09. The second-order valence-corrected chi connectivity index (χ2v) is 11.9. The number of rotatable bonds is 6. The van der Waals surface area contributed by atoms with Crippen LogP contribution < -0.4 is 5.32 Å². The van der Waals surface area contributed by atoms with E-state index in [-0.39, 0.29) is 30.0 Å². The Kier molecular flexibility index (Phi) is 7.83. The molecule has 2 fully saturated rings. The fourth-order valence-electron chi connectivity index (χ4n) is 7.09. The van der Waals surface area contributed by atoms with Crippen LogP contribution in [0.3, 0.4) is 0 Å². The Morgan fingerprint density at radius 2 is 1.80 bits per heavy atom. The van der Waals surface area contributed by atoms with Gasteiger partial charge in [0.15, 0.2) is 5.78 Å². The number of ether oxygens (including phenoxy) is 2. The van der Waals surface area contributed by atoms with E-state index in [1.54, 1.807) is 6.08 Å². The zero-order valence-corrected chi connectivity index (χ0v) is 26.8. The molecule has 6 rings (SSSR count). The number of nitrogens with one attached hydrogen (secondary N) is 1. The topological polar surface area (TPSA) is 139 Å². The van der Waals surface area contributed by atoms with Crippen LogP contribution in [0.2, 0.25) is 0 Å². The van der Waals surface area contributed by atoms with Crippen LogP contribution in [0.15, 0.2) is 120 Å². The molecule has 0 amide bonds. The first-order valence-corrected chi connectivity index (χ1v) is 15.3. The molecule has 3 atom stereocenters. The monoisotopic (exact) mass is 620 g/mol. The lowest BCUT2D eigenvalue weighted by atomic mass is 9.85. The van der Waals surface area contributed by atoms with Crippen LogP contribution in [0.4, 0.5) is 0 Å². The molecule has 1 aliphatic carbocycles. The van der Waals surface area contributed by atoms with Gasteiger partial charge in [-0.05, 0) is 61.6 Å². The van der Waals surface area contributed by atoms with E-state index in [1.165, 1.54) is 14.2 Å². The fraction of sp³-hybridized carbons (Fsp3) is 0.333. The molecule has 0 aromatic carbocycles. The smallest absolute Gasteiger partial charge is 0.321 e. The molecule has 0 radical (unpaired) electrons. The van der Waals surface area contributed by atoms with Gasteiger partial charge in [0.05, 0.1) is 54.7 Å². The summed E-state index contributed by atoms with van der Waals surface area (Å²) in [6.07, 6.45) is 9.59. The quantitative estimate of drug-likeness (QED) is 0.231. The van der Waals surface area contributed by atoms with Crippen LogP contribution in [-0.4, -0.2) is 54.2 Å². The van der Waals surface area contributed by atoms with Gasteiger partial charge in [-0.3, -0.25) is 14.4 Å². The van der Waals surface area contributed by atoms with E-state index in [1.807, 2.05) is 45.9 Å².